The summed E-state index contributed by atoms with van der Waals surface area (Å²) < 4.78 is 11.3. The normalized spacial score (nSPS) is 16.3. The zero-order valence-corrected chi connectivity index (χ0v) is 23.4. The quantitative estimate of drug-likeness (QED) is 0.295. The van der Waals surface area contributed by atoms with Gasteiger partial charge >= 0.3 is 5.97 Å². The van der Waals surface area contributed by atoms with Gasteiger partial charge in [-0.3, -0.25) is 4.79 Å². The van der Waals surface area contributed by atoms with Gasteiger partial charge in [0.2, 0.25) is 0 Å². The molecule has 0 unspecified atom stereocenters. The minimum atomic E-state index is -0.746. The number of dihydropyridines is 1. The van der Waals surface area contributed by atoms with E-state index in [0.29, 0.717) is 43.7 Å². The fraction of sp³-hybridized carbons (Fsp3) is 0.172. The SMILES string of the molecule is CCOC(=O)C1=C(C)NC2=C(C(=O)c3ccccc32)[C@H]1c1cc(Cl)c(OCc2ccc(Cl)c(Cl)c2)c(Cl)c1. The Labute approximate surface area is 239 Å². The molecular weight excluding hydrogens is 568 g/mol. The third kappa shape index (κ3) is 4.69. The van der Waals surface area contributed by atoms with Crippen molar-refractivity contribution in [2.45, 2.75) is 26.4 Å². The highest BCUT2D eigenvalue weighted by Gasteiger charge is 2.43. The van der Waals surface area contributed by atoms with E-state index in [2.05, 4.69) is 5.32 Å². The van der Waals surface area contributed by atoms with Crippen LogP contribution in [0.5, 0.6) is 5.75 Å². The average molecular weight is 589 g/mol. The van der Waals surface area contributed by atoms with E-state index in [1.54, 1.807) is 50.2 Å². The van der Waals surface area contributed by atoms with Crippen LogP contribution in [0.2, 0.25) is 20.1 Å². The molecule has 9 heteroatoms. The highest BCUT2D eigenvalue weighted by Crippen LogP contribution is 2.48. The Morgan fingerprint density at radius 3 is 2.26 bits per heavy atom. The number of carbonyl (C=O) groups is 2. The number of nitrogens with one attached hydrogen (secondary N) is 1. The molecule has 3 aromatic carbocycles. The fourth-order valence-corrected chi connectivity index (χ4v) is 5.74. The van der Waals surface area contributed by atoms with E-state index in [0.717, 1.165) is 11.1 Å². The first-order valence-electron chi connectivity index (χ1n) is 11.8. The number of ether oxygens (including phenoxy) is 2. The largest absolute Gasteiger partial charge is 0.486 e. The molecule has 0 saturated heterocycles. The van der Waals surface area contributed by atoms with E-state index in [1.165, 1.54) is 0 Å². The van der Waals surface area contributed by atoms with Crippen LogP contribution in [0.15, 0.2) is 71.4 Å². The summed E-state index contributed by atoms with van der Waals surface area (Å²) >= 11 is 25.4. The predicted octanol–water partition coefficient (Wildman–Crippen LogP) is 8.01. The average Bonchev–Trinajstić information content (AvgIpc) is 3.16. The second-order valence-electron chi connectivity index (χ2n) is 8.83. The molecule has 38 heavy (non-hydrogen) atoms. The first kappa shape index (κ1) is 26.6. The van der Waals surface area contributed by atoms with E-state index in [1.807, 2.05) is 18.2 Å². The standard InChI is InChI=1S/C29H21Cl4NO4/c1-3-37-29(36)23-14(2)34-26-17-6-4-5-7-18(17)27(35)25(26)24(23)16-11-21(32)28(22(33)12-16)38-13-15-8-9-19(30)20(31)10-15/h4-12,24,34H,3,13H2,1-2H3/t24-/m0/s1. The highest BCUT2D eigenvalue weighted by molar-refractivity contribution is 6.42. The van der Waals surface area contributed by atoms with Crippen LogP contribution in [-0.2, 0) is 16.1 Å². The van der Waals surface area contributed by atoms with E-state index in [9.17, 15) is 9.59 Å². The minimum Gasteiger partial charge on any atom is -0.486 e. The van der Waals surface area contributed by atoms with Crippen molar-refractivity contribution in [3.63, 3.8) is 0 Å². The van der Waals surface area contributed by atoms with Crippen molar-refractivity contribution < 1.29 is 19.1 Å². The van der Waals surface area contributed by atoms with E-state index >= 15 is 0 Å². The predicted molar refractivity (Wildman–Crippen MR) is 150 cm³/mol. The van der Waals surface area contributed by atoms with Gasteiger partial charge in [0.15, 0.2) is 11.5 Å². The third-order valence-corrected chi connectivity index (χ3v) is 7.77. The number of hydrogen-bond donors (Lipinski definition) is 1. The van der Waals surface area contributed by atoms with Crippen LogP contribution < -0.4 is 10.1 Å². The summed E-state index contributed by atoms with van der Waals surface area (Å²) in [5.41, 5.74) is 4.70. The van der Waals surface area contributed by atoms with E-state index < -0.39 is 11.9 Å². The lowest BCUT2D eigenvalue weighted by Crippen LogP contribution is -2.29. The van der Waals surface area contributed by atoms with Gasteiger partial charge < -0.3 is 14.8 Å². The van der Waals surface area contributed by atoms with Gasteiger partial charge in [-0.15, -0.1) is 0 Å². The first-order chi connectivity index (χ1) is 18.2. The Morgan fingerprint density at radius 1 is 0.921 bits per heavy atom. The molecule has 0 spiro atoms. The van der Waals surface area contributed by atoms with Crippen molar-refractivity contribution in [1.82, 2.24) is 5.32 Å². The second-order valence-corrected chi connectivity index (χ2v) is 10.5. The maximum atomic E-state index is 13.6. The van der Waals surface area contributed by atoms with Crippen LogP contribution >= 0.6 is 46.4 Å². The van der Waals surface area contributed by atoms with Crippen molar-refractivity contribution in [1.29, 1.82) is 0 Å². The van der Waals surface area contributed by atoms with Gasteiger partial charge in [0.1, 0.15) is 6.61 Å². The highest BCUT2D eigenvalue weighted by atomic mass is 35.5. The summed E-state index contributed by atoms with van der Waals surface area (Å²) in [6, 6.07) is 15.8. The lowest BCUT2D eigenvalue weighted by molar-refractivity contribution is -0.138. The molecule has 0 radical (unpaired) electrons. The van der Waals surface area contributed by atoms with Gasteiger partial charge in [0.05, 0.1) is 38.0 Å². The molecule has 5 rings (SSSR count). The number of allylic oxidation sites excluding steroid dienone is 2. The van der Waals surface area contributed by atoms with Crippen molar-refractivity contribution in [3.05, 3.63) is 114 Å². The van der Waals surface area contributed by atoms with Crippen molar-refractivity contribution in [3.8, 4) is 5.75 Å². The number of fused-ring (bicyclic) bond motifs is 2. The van der Waals surface area contributed by atoms with Gasteiger partial charge in [-0.2, -0.15) is 0 Å². The Morgan fingerprint density at radius 2 is 1.61 bits per heavy atom. The molecule has 1 atom stereocenters. The summed E-state index contributed by atoms with van der Waals surface area (Å²) in [4.78, 5) is 26.8. The van der Waals surface area contributed by atoms with Gasteiger partial charge in [-0.25, -0.2) is 4.79 Å². The molecule has 1 aliphatic heterocycles. The topological polar surface area (TPSA) is 64.6 Å². The summed E-state index contributed by atoms with van der Waals surface area (Å²) in [6.07, 6.45) is 0. The second kappa shape index (κ2) is 10.7. The molecule has 0 saturated carbocycles. The summed E-state index contributed by atoms with van der Waals surface area (Å²) in [5.74, 6) is -1.17. The van der Waals surface area contributed by atoms with Crippen molar-refractivity contribution in [2.24, 2.45) is 0 Å². The van der Waals surface area contributed by atoms with Crippen LogP contribution in [0.3, 0.4) is 0 Å². The number of benzene rings is 3. The Bertz CT molecular complexity index is 1540. The van der Waals surface area contributed by atoms with Gasteiger partial charge in [0.25, 0.3) is 0 Å². The zero-order valence-electron chi connectivity index (χ0n) is 20.3. The molecule has 1 heterocycles. The Hall–Kier alpha value is -2.96. The van der Waals surface area contributed by atoms with Gasteiger partial charge in [-0.1, -0.05) is 76.7 Å². The van der Waals surface area contributed by atoms with Crippen molar-refractivity contribution >= 4 is 63.9 Å². The number of esters is 1. The van der Waals surface area contributed by atoms with E-state index in [-0.39, 0.29) is 34.8 Å². The molecule has 1 N–H and O–H groups in total. The monoisotopic (exact) mass is 587 g/mol. The number of carbonyl (C=O) groups excluding carboxylic acids is 2. The molecule has 194 valence electrons. The number of rotatable bonds is 6. The molecule has 1 aliphatic carbocycles. The van der Waals surface area contributed by atoms with Crippen LogP contribution in [0.1, 0.15) is 46.8 Å². The van der Waals surface area contributed by atoms with Crippen LogP contribution in [0.25, 0.3) is 5.70 Å². The number of ketones is 1. The molecule has 0 bridgehead atoms. The molecule has 0 aromatic heterocycles. The molecule has 0 amide bonds. The first-order valence-corrected chi connectivity index (χ1v) is 13.3. The zero-order chi connectivity index (χ0) is 27.1. The molecule has 5 nitrogen and oxygen atoms in total. The van der Waals surface area contributed by atoms with Crippen LogP contribution in [-0.4, -0.2) is 18.4 Å². The lowest BCUT2D eigenvalue weighted by Gasteiger charge is -2.29. The van der Waals surface area contributed by atoms with Gasteiger partial charge in [-0.05, 0) is 49.2 Å². The lowest BCUT2D eigenvalue weighted by atomic mass is 9.80. The number of hydrogen-bond acceptors (Lipinski definition) is 5. The van der Waals surface area contributed by atoms with Gasteiger partial charge in [0, 0.05) is 28.3 Å². The smallest absolute Gasteiger partial charge is 0.336 e. The summed E-state index contributed by atoms with van der Waals surface area (Å²) in [5, 5.41) is 4.58. The maximum Gasteiger partial charge on any atom is 0.336 e. The van der Waals surface area contributed by atoms with Crippen LogP contribution in [0, 0.1) is 0 Å². The number of Topliss-reactive ketones (excluding diaryl/α,β-unsaturated/α-hetero) is 1. The summed E-state index contributed by atoms with van der Waals surface area (Å²) in [7, 11) is 0. The van der Waals surface area contributed by atoms with E-state index in [4.69, 9.17) is 55.9 Å². The Balaban J connectivity index is 1.56. The maximum absolute atomic E-state index is 13.6. The Kier molecular flexibility index (Phi) is 7.47. The number of halogens is 4. The molecule has 3 aromatic rings. The molecule has 2 aliphatic rings. The minimum absolute atomic E-state index is 0.152. The van der Waals surface area contributed by atoms with Crippen molar-refractivity contribution in [2.75, 3.05) is 6.61 Å². The third-order valence-electron chi connectivity index (χ3n) is 6.47. The van der Waals surface area contributed by atoms with Crippen LogP contribution in [0.4, 0.5) is 0 Å². The summed E-state index contributed by atoms with van der Waals surface area (Å²) in [6.45, 7) is 3.85. The molecular formula is C29H21Cl4NO4. The molecule has 0 fully saturated rings. The fourth-order valence-electron chi connectivity index (χ4n) is 4.81.